The monoisotopic (exact) mass is 218 g/mol. The van der Waals surface area contributed by atoms with Crippen molar-refractivity contribution in [3.8, 4) is 0 Å². The van der Waals surface area contributed by atoms with Crippen LogP contribution in [0, 0.1) is 5.92 Å². The van der Waals surface area contributed by atoms with Crippen molar-refractivity contribution in [2.75, 3.05) is 0 Å². The Labute approximate surface area is 101 Å². The van der Waals surface area contributed by atoms with Crippen LogP contribution >= 0.6 is 0 Å². The third kappa shape index (κ3) is 3.23. The van der Waals surface area contributed by atoms with Gasteiger partial charge in [-0.15, -0.1) is 0 Å². The summed E-state index contributed by atoms with van der Waals surface area (Å²) in [7, 11) is 0. The van der Waals surface area contributed by atoms with Crippen molar-refractivity contribution in [3.63, 3.8) is 0 Å². The second-order valence-corrected chi connectivity index (χ2v) is 5.50. The van der Waals surface area contributed by atoms with Crippen molar-refractivity contribution in [3.05, 3.63) is 23.3 Å². The average molecular weight is 218 g/mol. The van der Waals surface area contributed by atoms with E-state index in [1.807, 2.05) is 0 Å². The Morgan fingerprint density at radius 1 is 1.12 bits per heavy atom. The largest absolute Gasteiger partial charge is 0.0770 e. The fourth-order valence-corrected chi connectivity index (χ4v) is 3.08. The van der Waals surface area contributed by atoms with Crippen LogP contribution in [-0.2, 0) is 0 Å². The Bertz CT molecular complexity index is 262. The second kappa shape index (κ2) is 6.27. The lowest BCUT2D eigenvalue weighted by atomic mass is 9.92. The normalized spacial score (nSPS) is 22.8. The van der Waals surface area contributed by atoms with Gasteiger partial charge in [0.25, 0.3) is 0 Å². The lowest BCUT2D eigenvalue weighted by Gasteiger charge is -2.13. The molecular formula is C16H26. The van der Waals surface area contributed by atoms with Gasteiger partial charge in [0.1, 0.15) is 0 Å². The van der Waals surface area contributed by atoms with Gasteiger partial charge in [-0.3, -0.25) is 0 Å². The van der Waals surface area contributed by atoms with E-state index in [-0.39, 0.29) is 0 Å². The van der Waals surface area contributed by atoms with Crippen molar-refractivity contribution >= 4 is 0 Å². The van der Waals surface area contributed by atoms with Crippen molar-refractivity contribution in [2.45, 2.75) is 71.1 Å². The maximum absolute atomic E-state index is 2.53. The Balaban J connectivity index is 1.87. The predicted octanol–water partition coefficient (Wildman–Crippen LogP) is 5.40. The standard InChI is InChI=1S/C16H26/c1-2-3-8-14-11-12-16(13-14)15-9-6-4-5-7-10-15/h12-13,15H,2-11H2,1H3. The molecule has 16 heavy (non-hydrogen) atoms. The number of rotatable bonds is 4. The van der Waals surface area contributed by atoms with Gasteiger partial charge < -0.3 is 0 Å². The van der Waals surface area contributed by atoms with Crippen LogP contribution in [0.2, 0.25) is 0 Å². The van der Waals surface area contributed by atoms with Crippen LogP contribution in [-0.4, -0.2) is 0 Å². The van der Waals surface area contributed by atoms with Crippen LogP contribution in [0.15, 0.2) is 23.3 Å². The summed E-state index contributed by atoms with van der Waals surface area (Å²) in [6, 6.07) is 0. The molecule has 0 aliphatic heterocycles. The Hall–Kier alpha value is -0.520. The summed E-state index contributed by atoms with van der Waals surface area (Å²) in [5, 5.41) is 0. The van der Waals surface area contributed by atoms with Gasteiger partial charge in [0, 0.05) is 0 Å². The zero-order valence-electron chi connectivity index (χ0n) is 10.8. The summed E-state index contributed by atoms with van der Waals surface area (Å²) >= 11 is 0. The Kier molecular flexibility index (Phi) is 4.69. The zero-order chi connectivity index (χ0) is 11.2. The summed E-state index contributed by atoms with van der Waals surface area (Å²) in [5.74, 6) is 0.904. The molecule has 0 amide bonds. The van der Waals surface area contributed by atoms with Crippen LogP contribution in [0.25, 0.3) is 0 Å². The van der Waals surface area contributed by atoms with Crippen molar-refractivity contribution < 1.29 is 0 Å². The molecule has 0 N–H and O–H groups in total. The molecule has 0 aromatic rings. The number of hydrogen-bond donors (Lipinski definition) is 0. The van der Waals surface area contributed by atoms with Crippen molar-refractivity contribution in [2.24, 2.45) is 5.92 Å². The van der Waals surface area contributed by atoms with E-state index < -0.39 is 0 Å². The highest BCUT2D eigenvalue weighted by Crippen LogP contribution is 2.34. The van der Waals surface area contributed by atoms with E-state index in [9.17, 15) is 0 Å². The first-order valence-electron chi connectivity index (χ1n) is 7.29. The number of unbranched alkanes of at least 4 members (excludes halogenated alkanes) is 1. The van der Waals surface area contributed by atoms with E-state index in [2.05, 4.69) is 19.1 Å². The predicted molar refractivity (Wildman–Crippen MR) is 71.5 cm³/mol. The molecule has 1 saturated carbocycles. The summed E-state index contributed by atoms with van der Waals surface area (Å²) in [5.41, 5.74) is 3.38. The van der Waals surface area contributed by atoms with Crippen LogP contribution in [0.4, 0.5) is 0 Å². The maximum atomic E-state index is 2.53. The molecule has 2 aliphatic carbocycles. The molecule has 0 spiro atoms. The lowest BCUT2D eigenvalue weighted by molar-refractivity contribution is 0.540. The molecule has 0 atom stereocenters. The molecule has 0 aromatic carbocycles. The zero-order valence-corrected chi connectivity index (χ0v) is 10.8. The third-order valence-electron chi connectivity index (χ3n) is 4.15. The van der Waals surface area contributed by atoms with Crippen LogP contribution in [0.5, 0.6) is 0 Å². The minimum atomic E-state index is 0.904. The molecule has 0 aromatic heterocycles. The molecule has 2 aliphatic rings. The quantitative estimate of drug-likeness (QED) is 0.554. The van der Waals surface area contributed by atoms with E-state index in [0.717, 1.165) is 5.92 Å². The minimum Gasteiger partial charge on any atom is -0.0770 e. The molecule has 1 fully saturated rings. The number of allylic oxidation sites excluding steroid dienone is 4. The van der Waals surface area contributed by atoms with E-state index in [4.69, 9.17) is 0 Å². The lowest BCUT2D eigenvalue weighted by Crippen LogP contribution is -1.99. The third-order valence-corrected chi connectivity index (χ3v) is 4.15. The van der Waals surface area contributed by atoms with Gasteiger partial charge in [-0.25, -0.2) is 0 Å². The van der Waals surface area contributed by atoms with Gasteiger partial charge in [-0.2, -0.15) is 0 Å². The van der Waals surface area contributed by atoms with Crippen LogP contribution in [0.3, 0.4) is 0 Å². The van der Waals surface area contributed by atoms with Gasteiger partial charge in [0.15, 0.2) is 0 Å². The van der Waals surface area contributed by atoms with Crippen molar-refractivity contribution in [1.82, 2.24) is 0 Å². The first-order chi connectivity index (χ1) is 7.90. The molecule has 90 valence electrons. The van der Waals surface area contributed by atoms with E-state index in [0.29, 0.717) is 0 Å². The molecular weight excluding hydrogens is 192 g/mol. The first kappa shape index (κ1) is 12.0. The van der Waals surface area contributed by atoms with Crippen LogP contribution in [0.1, 0.15) is 71.1 Å². The molecule has 0 heterocycles. The fourth-order valence-electron chi connectivity index (χ4n) is 3.08. The van der Waals surface area contributed by atoms with E-state index in [1.165, 1.54) is 64.2 Å². The van der Waals surface area contributed by atoms with Crippen molar-refractivity contribution in [1.29, 1.82) is 0 Å². The van der Waals surface area contributed by atoms with Gasteiger partial charge in [-0.1, -0.05) is 56.8 Å². The Morgan fingerprint density at radius 3 is 2.56 bits per heavy atom. The van der Waals surface area contributed by atoms with E-state index in [1.54, 1.807) is 11.1 Å². The van der Waals surface area contributed by atoms with E-state index >= 15 is 0 Å². The molecule has 0 unspecified atom stereocenters. The van der Waals surface area contributed by atoms with Gasteiger partial charge in [-0.05, 0) is 43.6 Å². The molecule has 2 rings (SSSR count). The highest BCUT2D eigenvalue weighted by molar-refractivity contribution is 5.34. The molecule has 0 radical (unpaired) electrons. The summed E-state index contributed by atoms with van der Waals surface area (Å²) < 4.78 is 0. The molecule has 0 heteroatoms. The fraction of sp³-hybridized carbons (Fsp3) is 0.750. The van der Waals surface area contributed by atoms with Gasteiger partial charge >= 0.3 is 0 Å². The highest BCUT2D eigenvalue weighted by atomic mass is 14.2. The summed E-state index contributed by atoms with van der Waals surface area (Å²) in [6.07, 6.45) is 19.1. The Morgan fingerprint density at radius 2 is 1.88 bits per heavy atom. The average Bonchev–Trinajstić information content (AvgIpc) is 2.60. The SMILES string of the molecule is CCCCC1=CC(C2CCCCCC2)=CC1. The maximum Gasteiger partial charge on any atom is -0.0130 e. The minimum absolute atomic E-state index is 0.904. The smallest absolute Gasteiger partial charge is 0.0130 e. The molecule has 0 bridgehead atoms. The molecule has 0 nitrogen and oxygen atoms in total. The summed E-state index contributed by atoms with van der Waals surface area (Å²) in [6.45, 7) is 2.29. The summed E-state index contributed by atoms with van der Waals surface area (Å²) in [4.78, 5) is 0. The highest BCUT2D eigenvalue weighted by Gasteiger charge is 2.18. The molecule has 0 saturated heterocycles. The van der Waals surface area contributed by atoms with Crippen LogP contribution < -0.4 is 0 Å². The number of hydrogen-bond acceptors (Lipinski definition) is 0. The first-order valence-corrected chi connectivity index (χ1v) is 7.29. The second-order valence-electron chi connectivity index (χ2n) is 5.50. The van der Waals surface area contributed by atoms with Gasteiger partial charge in [0.2, 0.25) is 0 Å². The topological polar surface area (TPSA) is 0 Å². The van der Waals surface area contributed by atoms with Gasteiger partial charge in [0.05, 0.1) is 0 Å².